The summed E-state index contributed by atoms with van der Waals surface area (Å²) in [5.74, 6) is 0.747. The Kier molecular flexibility index (Phi) is 6.35. The van der Waals surface area contributed by atoms with Crippen molar-refractivity contribution in [2.75, 3.05) is 6.54 Å². The zero-order valence-electron chi connectivity index (χ0n) is 13.4. The van der Waals surface area contributed by atoms with Gasteiger partial charge in [-0.1, -0.05) is 43.0 Å². The van der Waals surface area contributed by atoms with Gasteiger partial charge in [-0.25, -0.2) is 0 Å². The number of carbonyl (C=O) groups excluding carboxylic acids is 1. The summed E-state index contributed by atoms with van der Waals surface area (Å²) in [6.07, 6.45) is 7.64. The molecule has 2 saturated carbocycles. The van der Waals surface area contributed by atoms with Crippen LogP contribution in [-0.4, -0.2) is 18.5 Å². The van der Waals surface area contributed by atoms with Gasteiger partial charge in [0.25, 0.3) is 0 Å². The predicted octanol–water partition coefficient (Wildman–Crippen LogP) is 3.82. The summed E-state index contributed by atoms with van der Waals surface area (Å²) >= 11 is 6.02. The highest BCUT2D eigenvalue weighted by molar-refractivity contribution is 6.30. The van der Waals surface area contributed by atoms with E-state index in [2.05, 4.69) is 5.32 Å². The van der Waals surface area contributed by atoms with Crippen molar-refractivity contribution < 1.29 is 4.79 Å². The number of hydrogen-bond acceptors (Lipinski definition) is 2. The Morgan fingerprint density at radius 2 is 1.83 bits per heavy atom. The minimum absolute atomic E-state index is 0. The van der Waals surface area contributed by atoms with Gasteiger partial charge in [-0.15, -0.1) is 12.4 Å². The number of carbonyl (C=O) groups is 1. The van der Waals surface area contributed by atoms with E-state index in [1.54, 1.807) is 0 Å². The van der Waals surface area contributed by atoms with Crippen LogP contribution in [0.1, 0.15) is 50.5 Å². The highest BCUT2D eigenvalue weighted by Crippen LogP contribution is 2.41. The summed E-state index contributed by atoms with van der Waals surface area (Å²) in [6, 6.07) is 7.95. The molecule has 0 heterocycles. The Bertz CT molecular complexity index is 522. The first-order valence-electron chi connectivity index (χ1n) is 8.43. The van der Waals surface area contributed by atoms with E-state index in [0.717, 1.165) is 31.2 Å². The molecule has 1 amide bonds. The van der Waals surface area contributed by atoms with Crippen LogP contribution < -0.4 is 11.1 Å². The lowest BCUT2D eigenvalue weighted by molar-refractivity contribution is -0.128. The minimum atomic E-state index is -0.398. The SMILES string of the molecule is Cl.NCC(NC(=O)C1(c2ccc(Cl)cc2)CCCCC1)C1CC1. The second-order valence-electron chi connectivity index (χ2n) is 6.80. The Balaban J connectivity index is 0.00000192. The average molecular weight is 357 g/mol. The molecule has 2 fully saturated rings. The summed E-state index contributed by atoms with van der Waals surface area (Å²) in [7, 11) is 0. The fraction of sp³-hybridized carbons (Fsp3) is 0.611. The lowest BCUT2D eigenvalue weighted by atomic mass is 9.68. The van der Waals surface area contributed by atoms with Crippen LogP contribution in [0.2, 0.25) is 5.02 Å². The Labute approximate surface area is 149 Å². The van der Waals surface area contributed by atoms with E-state index in [9.17, 15) is 4.79 Å². The molecule has 0 spiro atoms. The quantitative estimate of drug-likeness (QED) is 0.842. The fourth-order valence-corrected chi connectivity index (χ4v) is 3.87. The van der Waals surface area contributed by atoms with E-state index in [4.69, 9.17) is 17.3 Å². The van der Waals surface area contributed by atoms with Gasteiger partial charge in [0.2, 0.25) is 5.91 Å². The first kappa shape index (κ1) is 18.6. The van der Waals surface area contributed by atoms with Crippen LogP contribution in [0.5, 0.6) is 0 Å². The van der Waals surface area contributed by atoms with Gasteiger partial charge >= 0.3 is 0 Å². The van der Waals surface area contributed by atoms with Gasteiger partial charge in [0.1, 0.15) is 0 Å². The monoisotopic (exact) mass is 356 g/mol. The van der Waals surface area contributed by atoms with Crippen LogP contribution >= 0.6 is 24.0 Å². The van der Waals surface area contributed by atoms with E-state index >= 15 is 0 Å². The Hall–Kier alpha value is -0.770. The summed E-state index contributed by atoms with van der Waals surface area (Å²) in [4.78, 5) is 13.1. The van der Waals surface area contributed by atoms with Crippen molar-refractivity contribution in [3.05, 3.63) is 34.9 Å². The molecule has 1 unspecified atom stereocenters. The second-order valence-corrected chi connectivity index (χ2v) is 7.24. The van der Waals surface area contributed by atoms with Crippen LogP contribution in [0.3, 0.4) is 0 Å². The molecular weight excluding hydrogens is 331 g/mol. The number of halogens is 2. The molecule has 23 heavy (non-hydrogen) atoms. The normalized spacial score (nSPS) is 21.1. The fourth-order valence-electron chi connectivity index (χ4n) is 3.75. The molecule has 0 aromatic heterocycles. The van der Waals surface area contributed by atoms with Crippen molar-refractivity contribution in [2.45, 2.75) is 56.4 Å². The highest BCUT2D eigenvalue weighted by Gasteiger charge is 2.43. The van der Waals surface area contributed by atoms with Crippen molar-refractivity contribution in [1.29, 1.82) is 0 Å². The second kappa shape index (κ2) is 7.87. The van der Waals surface area contributed by atoms with E-state index in [1.165, 1.54) is 19.3 Å². The first-order chi connectivity index (χ1) is 10.7. The Morgan fingerprint density at radius 1 is 1.22 bits per heavy atom. The van der Waals surface area contributed by atoms with Crippen LogP contribution in [0.4, 0.5) is 0 Å². The maximum Gasteiger partial charge on any atom is 0.230 e. The summed E-state index contributed by atoms with van der Waals surface area (Å²) in [5, 5.41) is 3.97. The van der Waals surface area contributed by atoms with Crippen LogP contribution in [0.25, 0.3) is 0 Å². The zero-order chi connectivity index (χ0) is 15.6. The van der Waals surface area contributed by atoms with E-state index < -0.39 is 5.41 Å². The number of rotatable bonds is 5. The van der Waals surface area contributed by atoms with Crippen molar-refractivity contribution in [3.63, 3.8) is 0 Å². The third-order valence-electron chi connectivity index (χ3n) is 5.30. The number of benzene rings is 1. The molecule has 0 aliphatic heterocycles. The molecule has 2 aliphatic carbocycles. The maximum absolute atomic E-state index is 13.1. The van der Waals surface area contributed by atoms with Crippen LogP contribution in [0, 0.1) is 5.92 Å². The minimum Gasteiger partial charge on any atom is -0.351 e. The van der Waals surface area contributed by atoms with Gasteiger partial charge in [0, 0.05) is 17.6 Å². The topological polar surface area (TPSA) is 55.1 Å². The molecule has 0 saturated heterocycles. The first-order valence-corrected chi connectivity index (χ1v) is 8.80. The molecule has 3 N–H and O–H groups in total. The summed E-state index contributed by atoms with van der Waals surface area (Å²) in [6.45, 7) is 0.535. The van der Waals surface area contributed by atoms with Crippen molar-refractivity contribution >= 4 is 29.9 Å². The molecule has 2 aliphatic rings. The number of amides is 1. The van der Waals surface area contributed by atoms with E-state index in [-0.39, 0.29) is 24.4 Å². The highest BCUT2D eigenvalue weighted by atomic mass is 35.5. The number of nitrogens with two attached hydrogens (primary N) is 1. The smallest absolute Gasteiger partial charge is 0.230 e. The molecule has 1 atom stereocenters. The third-order valence-corrected chi connectivity index (χ3v) is 5.55. The van der Waals surface area contributed by atoms with Crippen molar-refractivity contribution in [3.8, 4) is 0 Å². The van der Waals surface area contributed by atoms with E-state index in [1.807, 2.05) is 24.3 Å². The molecule has 1 aromatic carbocycles. The third kappa shape index (κ3) is 4.01. The summed E-state index contributed by atoms with van der Waals surface area (Å²) in [5.41, 5.74) is 6.56. The predicted molar refractivity (Wildman–Crippen MR) is 97.2 cm³/mol. The molecule has 5 heteroatoms. The van der Waals surface area contributed by atoms with Gasteiger partial charge in [-0.05, 0) is 49.3 Å². The molecule has 3 nitrogen and oxygen atoms in total. The summed E-state index contributed by atoms with van der Waals surface area (Å²) < 4.78 is 0. The van der Waals surface area contributed by atoms with Crippen LogP contribution in [0.15, 0.2) is 24.3 Å². The molecule has 1 aromatic rings. The molecule has 128 valence electrons. The van der Waals surface area contributed by atoms with Gasteiger partial charge in [0.15, 0.2) is 0 Å². The lowest BCUT2D eigenvalue weighted by Crippen LogP contribution is -2.51. The number of hydrogen-bond donors (Lipinski definition) is 2. The van der Waals surface area contributed by atoms with Crippen molar-refractivity contribution in [1.82, 2.24) is 5.32 Å². The molecule has 3 rings (SSSR count). The molecule has 0 bridgehead atoms. The standard InChI is InChI=1S/C18H25ClN2O.ClH/c19-15-8-6-14(7-9-15)18(10-2-1-3-11-18)17(22)21-16(12-20)13-4-5-13;/h6-9,13,16H,1-5,10-12,20H2,(H,21,22);1H. The molecule has 0 radical (unpaired) electrons. The Morgan fingerprint density at radius 3 is 2.35 bits per heavy atom. The zero-order valence-corrected chi connectivity index (χ0v) is 15.0. The maximum atomic E-state index is 13.1. The number of nitrogens with one attached hydrogen (secondary N) is 1. The van der Waals surface area contributed by atoms with Crippen molar-refractivity contribution in [2.24, 2.45) is 11.7 Å². The van der Waals surface area contributed by atoms with Gasteiger partial charge in [-0.2, -0.15) is 0 Å². The van der Waals surface area contributed by atoms with E-state index in [0.29, 0.717) is 17.5 Å². The molecular formula is C18H26Cl2N2O. The average Bonchev–Trinajstić information content (AvgIpc) is 3.38. The van der Waals surface area contributed by atoms with Crippen LogP contribution in [-0.2, 0) is 10.2 Å². The van der Waals surface area contributed by atoms with Gasteiger partial charge in [-0.3, -0.25) is 4.79 Å². The lowest BCUT2D eigenvalue weighted by Gasteiger charge is -2.37. The van der Waals surface area contributed by atoms with Gasteiger partial charge in [0.05, 0.1) is 5.41 Å². The largest absolute Gasteiger partial charge is 0.351 e. The van der Waals surface area contributed by atoms with Gasteiger partial charge < -0.3 is 11.1 Å².